The number of allylic oxidation sites excluding steroid dienone is 1. The molecule has 0 spiro atoms. The third kappa shape index (κ3) is 6.03. The molecule has 3 N–H and O–H groups in total. The smallest absolute Gasteiger partial charge is 0.248 e. The second-order valence-corrected chi connectivity index (χ2v) is 11.1. The van der Waals surface area contributed by atoms with Crippen molar-refractivity contribution in [2.75, 3.05) is 18.2 Å². The van der Waals surface area contributed by atoms with Crippen LogP contribution in [-0.4, -0.2) is 33.5 Å². The maximum atomic E-state index is 12.6. The van der Waals surface area contributed by atoms with Crippen molar-refractivity contribution in [1.29, 1.82) is 0 Å². The van der Waals surface area contributed by atoms with E-state index in [-0.39, 0.29) is 6.61 Å². The summed E-state index contributed by atoms with van der Waals surface area (Å²) in [6.07, 6.45) is 2.14. The van der Waals surface area contributed by atoms with E-state index in [2.05, 4.69) is 33.2 Å². The maximum absolute atomic E-state index is 12.6. The molecule has 1 aliphatic rings. The van der Waals surface area contributed by atoms with Gasteiger partial charge in [0.05, 0.1) is 17.2 Å². The molecule has 8 nitrogen and oxygen atoms in total. The lowest BCUT2D eigenvalue weighted by molar-refractivity contribution is -0.115. The van der Waals surface area contributed by atoms with Crippen LogP contribution >= 0.6 is 50.9 Å². The van der Waals surface area contributed by atoms with Crippen molar-refractivity contribution in [1.82, 2.24) is 14.8 Å². The van der Waals surface area contributed by atoms with Crippen LogP contribution in [0.4, 0.5) is 5.95 Å². The largest absolute Gasteiger partial charge is 0.493 e. The average Bonchev–Trinajstić information content (AvgIpc) is 3.25. The van der Waals surface area contributed by atoms with Crippen LogP contribution in [0.1, 0.15) is 43.9 Å². The summed E-state index contributed by atoms with van der Waals surface area (Å²) in [6.45, 7) is 4.14. The molecule has 37 heavy (non-hydrogen) atoms. The molecule has 2 aromatic carbocycles. The van der Waals surface area contributed by atoms with Crippen molar-refractivity contribution >= 4 is 62.7 Å². The van der Waals surface area contributed by atoms with Crippen molar-refractivity contribution in [3.63, 3.8) is 0 Å². The fraction of sp³-hybridized carbons (Fsp3) is 0.320. The first-order valence-electron chi connectivity index (χ1n) is 11.5. The minimum Gasteiger partial charge on any atom is -0.493 e. The van der Waals surface area contributed by atoms with E-state index in [0.717, 1.165) is 29.7 Å². The molecule has 0 bridgehead atoms. The molecule has 0 saturated carbocycles. The number of nitrogens with zero attached hydrogens (tertiary/aromatic N) is 3. The molecule has 0 fully saturated rings. The van der Waals surface area contributed by atoms with Crippen molar-refractivity contribution in [3.8, 4) is 11.5 Å². The number of aromatic nitrogens is 3. The van der Waals surface area contributed by atoms with Crippen LogP contribution in [0.15, 0.2) is 51.2 Å². The highest BCUT2D eigenvalue weighted by atomic mass is 79.9. The standard InChI is InChI=1S/C25H26BrCl2N5O3S/c1-4-5-8-37-25-31-24-30-13(2)20(23(29)34)21(33(24)32-25)15-9-17(26)22(19(10-15)35-3)36-12-14-6-7-16(27)11-18(14)28/h6-7,9-11,21H,4-5,8,12H2,1-3H3,(H2,29,34)(H,30,31,32). The fourth-order valence-electron chi connectivity index (χ4n) is 3.95. The molecular formula is C25H26BrCl2N5O3S. The van der Waals surface area contributed by atoms with E-state index >= 15 is 0 Å². The number of nitrogens with two attached hydrogens (primary N) is 1. The number of hydrogen-bond donors (Lipinski definition) is 2. The number of carbonyl (C=O) groups is 1. The second kappa shape index (κ2) is 12.0. The topological polar surface area (TPSA) is 104 Å². The van der Waals surface area contributed by atoms with Gasteiger partial charge in [0.15, 0.2) is 11.5 Å². The van der Waals surface area contributed by atoms with E-state index < -0.39 is 11.9 Å². The molecule has 1 aromatic heterocycles. The SMILES string of the molecule is CCCCSc1nc2n(n1)C(c1cc(Br)c(OCc3ccc(Cl)cc3Cl)c(OC)c1)C(C(N)=O)=C(C)N2. The minimum absolute atomic E-state index is 0.203. The number of hydrogen-bond acceptors (Lipinski definition) is 7. The summed E-state index contributed by atoms with van der Waals surface area (Å²) in [6, 6.07) is 8.30. The minimum atomic E-state index is -0.605. The summed E-state index contributed by atoms with van der Waals surface area (Å²) < 4.78 is 14.1. The molecular weight excluding hydrogens is 601 g/mol. The number of thioether (sulfide) groups is 1. The van der Waals surface area contributed by atoms with Gasteiger partial charge in [-0.2, -0.15) is 4.98 Å². The molecule has 0 radical (unpaired) electrons. The van der Waals surface area contributed by atoms with Gasteiger partial charge in [0.2, 0.25) is 17.0 Å². The quantitative estimate of drug-likeness (QED) is 0.193. The van der Waals surface area contributed by atoms with Crippen molar-refractivity contribution in [2.45, 2.75) is 44.5 Å². The number of fused-ring (bicyclic) bond motifs is 1. The van der Waals surface area contributed by atoms with Crippen LogP contribution in [0.25, 0.3) is 0 Å². The molecule has 1 amide bonds. The number of methoxy groups -OCH3 is 1. The van der Waals surface area contributed by atoms with Crippen molar-refractivity contribution < 1.29 is 14.3 Å². The van der Waals surface area contributed by atoms with Gasteiger partial charge < -0.3 is 20.5 Å². The number of rotatable bonds is 10. The lowest BCUT2D eigenvalue weighted by Crippen LogP contribution is -2.31. The van der Waals surface area contributed by atoms with E-state index in [0.29, 0.717) is 48.4 Å². The summed E-state index contributed by atoms with van der Waals surface area (Å²) >= 11 is 17.5. The number of amides is 1. The zero-order chi connectivity index (χ0) is 26.7. The number of nitrogens with one attached hydrogen (secondary N) is 1. The lowest BCUT2D eigenvalue weighted by Gasteiger charge is -2.28. The Bertz CT molecular complexity index is 1360. The van der Waals surface area contributed by atoms with Crippen molar-refractivity contribution in [3.05, 3.63) is 67.2 Å². The third-order valence-electron chi connectivity index (χ3n) is 5.78. The summed E-state index contributed by atoms with van der Waals surface area (Å²) in [5, 5.41) is 9.55. The van der Waals surface area contributed by atoms with Crippen molar-refractivity contribution in [2.24, 2.45) is 5.73 Å². The molecule has 1 atom stereocenters. The van der Waals surface area contributed by atoms with Crippen LogP contribution in [0, 0.1) is 0 Å². The Labute approximate surface area is 238 Å². The predicted molar refractivity (Wildman–Crippen MR) is 151 cm³/mol. The third-order valence-corrected chi connectivity index (χ3v) is 7.88. The molecule has 0 saturated heterocycles. The maximum Gasteiger partial charge on any atom is 0.248 e. The first-order chi connectivity index (χ1) is 17.7. The average molecular weight is 627 g/mol. The van der Waals surface area contributed by atoms with E-state index in [4.69, 9.17) is 43.5 Å². The number of unbranched alkanes of at least 4 members (excludes halogenated alkanes) is 1. The number of carbonyl (C=O) groups excluding carboxylic acids is 1. The predicted octanol–water partition coefficient (Wildman–Crippen LogP) is 6.60. The van der Waals surface area contributed by atoms with Crippen LogP contribution in [-0.2, 0) is 11.4 Å². The lowest BCUT2D eigenvalue weighted by atomic mass is 9.95. The highest BCUT2D eigenvalue weighted by Crippen LogP contribution is 2.43. The van der Waals surface area contributed by atoms with Gasteiger partial charge in [0.1, 0.15) is 12.6 Å². The Balaban J connectivity index is 1.71. The summed E-state index contributed by atoms with van der Waals surface area (Å²) in [4.78, 5) is 17.2. The number of benzene rings is 2. The molecule has 1 aliphatic heterocycles. The monoisotopic (exact) mass is 625 g/mol. The number of primary amides is 1. The number of halogens is 3. The van der Waals surface area contributed by atoms with Gasteiger partial charge in [0.25, 0.3) is 0 Å². The second-order valence-electron chi connectivity index (χ2n) is 8.35. The molecule has 4 rings (SSSR count). The molecule has 2 heterocycles. The fourth-order valence-corrected chi connectivity index (χ4v) is 5.90. The highest BCUT2D eigenvalue weighted by molar-refractivity contribution is 9.10. The highest BCUT2D eigenvalue weighted by Gasteiger charge is 2.34. The zero-order valence-corrected chi connectivity index (χ0v) is 24.4. The molecule has 196 valence electrons. The summed E-state index contributed by atoms with van der Waals surface area (Å²) in [7, 11) is 1.55. The Kier molecular flexibility index (Phi) is 8.94. The van der Waals surface area contributed by atoms with Crippen LogP contribution in [0.5, 0.6) is 11.5 Å². The number of ether oxygens (including phenoxy) is 2. The molecule has 3 aromatic rings. The van der Waals surface area contributed by atoms with Gasteiger partial charge in [-0.05, 0) is 59.1 Å². The normalized spacial score (nSPS) is 14.8. The zero-order valence-electron chi connectivity index (χ0n) is 20.5. The van der Waals surface area contributed by atoms with Crippen LogP contribution < -0.4 is 20.5 Å². The van der Waals surface area contributed by atoms with Gasteiger partial charge in [-0.1, -0.05) is 54.4 Å². The number of anilines is 1. The Hall–Kier alpha value is -2.40. The van der Waals surface area contributed by atoms with Crippen LogP contribution in [0.3, 0.4) is 0 Å². The van der Waals surface area contributed by atoms with Crippen LogP contribution in [0.2, 0.25) is 10.0 Å². The van der Waals surface area contributed by atoms with Gasteiger partial charge in [-0.15, -0.1) is 5.10 Å². The van der Waals surface area contributed by atoms with E-state index in [1.165, 1.54) is 0 Å². The molecule has 1 unspecified atom stereocenters. The first kappa shape index (κ1) is 27.6. The Morgan fingerprint density at radius 1 is 1.30 bits per heavy atom. The van der Waals surface area contributed by atoms with Gasteiger partial charge in [-0.25, -0.2) is 4.68 Å². The van der Waals surface area contributed by atoms with E-state index in [1.54, 1.807) is 42.6 Å². The first-order valence-corrected chi connectivity index (χ1v) is 14.1. The Morgan fingerprint density at radius 2 is 2.08 bits per heavy atom. The van der Waals surface area contributed by atoms with Gasteiger partial charge in [-0.3, -0.25) is 4.79 Å². The van der Waals surface area contributed by atoms with Gasteiger partial charge >= 0.3 is 0 Å². The van der Waals surface area contributed by atoms with E-state index in [1.807, 2.05) is 18.2 Å². The molecule has 12 heteroatoms. The summed E-state index contributed by atoms with van der Waals surface area (Å²) in [5.41, 5.74) is 8.34. The molecule has 0 aliphatic carbocycles. The van der Waals surface area contributed by atoms with Gasteiger partial charge in [0, 0.05) is 27.1 Å². The summed E-state index contributed by atoms with van der Waals surface area (Å²) in [5.74, 6) is 1.85. The van der Waals surface area contributed by atoms with E-state index in [9.17, 15) is 4.79 Å². The Morgan fingerprint density at radius 3 is 2.76 bits per heavy atom.